The summed E-state index contributed by atoms with van der Waals surface area (Å²) in [4.78, 5) is 55.4. The molecule has 1 aromatic carbocycles. The second kappa shape index (κ2) is 15.3. The number of aliphatic carboxylic acids is 2. The number of aromatic amines is 2. The number of benzene rings is 1. The summed E-state index contributed by atoms with van der Waals surface area (Å²) in [5.74, 6) is -3.62. The van der Waals surface area contributed by atoms with E-state index in [0.29, 0.717) is 23.9 Å². The third kappa shape index (κ3) is 8.94. The number of amides is 1. The van der Waals surface area contributed by atoms with Gasteiger partial charge in [-0.2, -0.15) is 4.98 Å². The Morgan fingerprint density at radius 2 is 1.74 bits per heavy atom. The van der Waals surface area contributed by atoms with E-state index in [1.807, 2.05) is 0 Å². The first-order chi connectivity index (χ1) is 14.7. The van der Waals surface area contributed by atoms with Crippen LogP contribution in [0.15, 0.2) is 35.3 Å². The number of carboxylic acid groups (broad SMARTS) is 2. The molecular formula is C20H21K2N5O7. The zero-order chi connectivity index (χ0) is 22.5. The number of H-pyrrole nitrogens is 2. The van der Waals surface area contributed by atoms with Crippen molar-refractivity contribution >= 4 is 34.8 Å². The molecule has 0 spiro atoms. The largest absolute Gasteiger partial charge is 1.00 e. The number of carboxylic acids is 2. The molecule has 0 radical (unpaired) electrons. The van der Waals surface area contributed by atoms with Crippen LogP contribution in [0.1, 0.15) is 34.3 Å². The van der Waals surface area contributed by atoms with Crippen molar-refractivity contribution in [3.8, 4) is 0 Å². The predicted octanol–water partition coefficient (Wildman–Crippen LogP) is -8.82. The zero-order valence-electron chi connectivity index (χ0n) is 18.8. The molecule has 170 valence electrons. The molecule has 2 heterocycles. The molecule has 0 aliphatic heterocycles. The molecule has 0 saturated carbocycles. The van der Waals surface area contributed by atoms with Crippen molar-refractivity contribution in [2.75, 3.05) is 5.73 Å². The van der Waals surface area contributed by atoms with Crippen molar-refractivity contribution in [1.82, 2.24) is 20.3 Å². The minimum absolute atomic E-state index is 0. The van der Waals surface area contributed by atoms with Crippen LogP contribution in [0.2, 0.25) is 0 Å². The summed E-state index contributed by atoms with van der Waals surface area (Å²) in [5.41, 5.74) is 7.49. The smallest absolute Gasteiger partial charge is 0.550 e. The SMILES string of the molecule is Nc1nc2[nH]cc(CCc3ccc(C(=O)N[C@@H](CCC(=O)[O-])C(=O)[O-])cc3)c2c(=O)[nH]1.O.[K+].[K+]. The number of aromatic nitrogens is 3. The van der Waals surface area contributed by atoms with Crippen LogP contribution < -0.4 is 130 Å². The van der Waals surface area contributed by atoms with Gasteiger partial charge in [-0.1, -0.05) is 12.1 Å². The zero-order valence-corrected chi connectivity index (χ0v) is 25.0. The molecule has 0 unspecified atom stereocenters. The molecule has 2 aromatic heterocycles. The molecule has 0 saturated heterocycles. The number of carbonyl (C=O) groups is 3. The number of hydrogen-bond donors (Lipinski definition) is 4. The quantitative estimate of drug-likeness (QED) is 0.197. The van der Waals surface area contributed by atoms with E-state index >= 15 is 0 Å². The van der Waals surface area contributed by atoms with E-state index in [-0.39, 0.29) is 132 Å². The number of nitrogens with zero attached hydrogens (tertiary/aromatic N) is 1. The van der Waals surface area contributed by atoms with Crippen LogP contribution in [0.25, 0.3) is 11.0 Å². The van der Waals surface area contributed by atoms with Gasteiger partial charge in [0.15, 0.2) is 0 Å². The van der Waals surface area contributed by atoms with E-state index in [1.165, 1.54) is 12.1 Å². The Morgan fingerprint density at radius 1 is 1.09 bits per heavy atom. The van der Waals surface area contributed by atoms with E-state index in [0.717, 1.165) is 11.1 Å². The Kier molecular flexibility index (Phi) is 14.8. The van der Waals surface area contributed by atoms with Crippen LogP contribution in [-0.2, 0) is 22.4 Å². The second-order valence-corrected chi connectivity index (χ2v) is 6.94. The van der Waals surface area contributed by atoms with E-state index in [4.69, 9.17) is 5.73 Å². The molecule has 34 heavy (non-hydrogen) atoms. The van der Waals surface area contributed by atoms with E-state index in [2.05, 4.69) is 20.3 Å². The van der Waals surface area contributed by atoms with Crippen LogP contribution in [0, 0.1) is 0 Å². The van der Waals surface area contributed by atoms with Gasteiger partial charge in [-0.15, -0.1) is 0 Å². The number of aryl methyl sites for hydroxylation is 2. The molecule has 1 atom stereocenters. The van der Waals surface area contributed by atoms with Gasteiger partial charge in [0.05, 0.1) is 17.4 Å². The Hall–Kier alpha value is -0.917. The van der Waals surface area contributed by atoms with Crippen molar-refractivity contribution in [1.29, 1.82) is 0 Å². The van der Waals surface area contributed by atoms with Crippen molar-refractivity contribution in [2.24, 2.45) is 0 Å². The third-order valence-corrected chi connectivity index (χ3v) is 4.77. The first-order valence-corrected chi connectivity index (χ1v) is 9.41. The predicted molar refractivity (Wildman–Crippen MR) is 109 cm³/mol. The van der Waals surface area contributed by atoms with Crippen molar-refractivity contribution in [3.63, 3.8) is 0 Å². The van der Waals surface area contributed by atoms with Gasteiger partial charge in [-0.3, -0.25) is 14.6 Å². The van der Waals surface area contributed by atoms with Crippen molar-refractivity contribution in [3.05, 3.63) is 57.5 Å². The molecule has 0 aliphatic rings. The molecule has 0 fully saturated rings. The fourth-order valence-electron chi connectivity index (χ4n) is 3.17. The number of nitrogen functional groups attached to an aromatic ring is 1. The monoisotopic (exact) mass is 521 g/mol. The van der Waals surface area contributed by atoms with Crippen LogP contribution in [0.3, 0.4) is 0 Å². The number of nitrogens with two attached hydrogens (primary N) is 1. The number of anilines is 1. The van der Waals surface area contributed by atoms with E-state index in [9.17, 15) is 29.4 Å². The molecule has 7 N–H and O–H groups in total. The molecule has 12 nitrogen and oxygen atoms in total. The molecular weight excluding hydrogens is 500 g/mol. The Balaban J connectivity index is 0.00000363. The summed E-state index contributed by atoms with van der Waals surface area (Å²) < 4.78 is 0. The Bertz CT molecular complexity index is 1190. The standard InChI is InChI=1S/C20H21N5O6.2K.H2O/c21-20-24-16-15(18(29)25-20)12(9-22-16)6-3-10-1-4-11(5-2-10)17(28)23-13(19(30)31)7-8-14(26)27;;;/h1-2,4-5,9,13H,3,6-8H2,(H,23,28)(H,26,27)(H,30,31)(H4,21,22,24,25,29);;;1H2/q;2*+1;/p-2/t13-;;;/m0.../s1. The van der Waals surface area contributed by atoms with Gasteiger partial charge in [0.25, 0.3) is 11.5 Å². The van der Waals surface area contributed by atoms with Gasteiger partial charge in [0, 0.05) is 17.7 Å². The Morgan fingerprint density at radius 3 is 2.32 bits per heavy atom. The van der Waals surface area contributed by atoms with Gasteiger partial charge in [-0.05, 0) is 48.9 Å². The Labute approximate surface area is 278 Å². The maximum absolute atomic E-state index is 12.2. The van der Waals surface area contributed by atoms with Gasteiger partial charge in [-0.25, -0.2) is 0 Å². The molecule has 1 amide bonds. The van der Waals surface area contributed by atoms with Crippen LogP contribution in [0.5, 0.6) is 0 Å². The first kappa shape index (κ1) is 33.1. The first-order valence-electron chi connectivity index (χ1n) is 9.41. The summed E-state index contributed by atoms with van der Waals surface area (Å²) in [6.07, 6.45) is 1.96. The summed E-state index contributed by atoms with van der Waals surface area (Å²) in [6, 6.07) is 5.03. The van der Waals surface area contributed by atoms with Crippen molar-refractivity contribution in [2.45, 2.75) is 31.7 Å². The van der Waals surface area contributed by atoms with Crippen LogP contribution >= 0.6 is 0 Å². The van der Waals surface area contributed by atoms with Gasteiger partial charge >= 0.3 is 103 Å². The molecule has 14 heteroatoms. The topological polar surface area (TPSA) is 228 Å². The van der Waals surface area contributed by atoms with Gasteiger partial charge in [0.2, 0.25) is 5.95 Å². The van der Waals surface area contributed by atoms with Crippen LogP contribution in [-0.4, -0.2) is 44.3 Å². The normalized spacial score (nSPS) is 10.8. The fourth-order valence-corrected chi connectivity index (χ4v) is 3.17. The molecule has 0 aliphatic carbocycles. The molecule has 3 aromatic rings. The molecule has 0 bridgehead atoms. The van der Waals surface area contributed by atoms with Crippen molar-refractivity contribution < 1.29 is 133 Å². The number of hydrogen-bond acceptors (Lipinski definition) is 8. The summed E-state index contributed by atoms with van der Waals surface area (Å²) in [5, 5.41) is 24.3. The summed E-state index contributed by atoms with van der Waals surface area (Å²) in [6.45, 7) is 0. The van der Waals surface area contributed by atoms with E-state index in [1.54, 1.807) is 18.3 Å². The number of nitrogens with one attached hydrogen (secondary N) is 3. The number of rotatable bonds is 9. The summed E-state index contributed by atoms with van der Waals surface area (Å²) >= 11 is 0. The van der Waals surface area contributed by atoms with Crippen LogP contribution in [0.4, 0.5) is 5.95 Å². The number of fused-ring (bicyclic) bond motifs is 1. The minimum atomic E-state index is -1.57. The molecule has 3 rings (SSSR count). The fraction of sp³-hybridized carbons (Fsp3) is 0.250. The maximum atomic E-state index is 12.2. The second-order valence-electron chi connectivity index (χ2n) is 6.94. The van der Waals surface area contributed by atoms with Gasteiger partial charge < -0.3 is 41.3 Å². The summed E-state index contributed by atoms with van der Waals surface area (Å²) in [7, 11) is 0. The van der Waals surface area contributed by atoms with E-state index < -0.39 is 30.3 Å². The maximum Gasteiger partial charge on any atom is 1.00 e. The minimum Gasteiger partial charge on any atom is -0.550 e. The average molecular weight is 522 g/mol. The number of carbonyl (C=O) groups excluding carboxylic acids is 3. The van der Waals surface area contributed by atoms with Gasteiger partial charge in [0.1, 0.15) is 5.65 Å². The average Bonchev–Trinajstić information content (AvgIpc) is 3.12. The third-order valence-electron chi connectivity index (χ3n) is 4.77.